The van der Waals surface area contributed by atoms with E-state index in [1.165, 1.54) is 31.4 Å². The molecule has 0 radical (unpaired) electrons. The van der Waals surface area contributed by atoms with Gasteiger partial charge >= 0.3 is 5.97 Å². The van der Waals surface area contributed by atoms with E-state index >= 15 is 4.39 Å². The van der Waals surface area contributed by atoms with Gasteiger partial charge in [-0.15, -0.1) is 0 Å². The monoisotopic (exact) mass is 716 g/mol. The number of nitrogens with one attached hydrogen (secondary N) is 1. The fourth-order valence-corrected chi connectivity index (χ4v) is 10.1. The summed E-state index contributed by atoms with van der Waals surface area (Å²) in [5.74, 6) is -2.95. The minimum Gasteiger partial charge on any atom is -0.497 e. The number of carbonyl (C=O) groups excluding carboxylic acids is 4. The van der Waals surface area contributed by atoms with E-state index < -0.39 is 64.4 Å². The molecule has 1 heterocycles. The van der Waals surface area contributed by atoms with E-state index in [4.69, 9.17) is 19.9 Å². The average molecular weight is 718 g/mol. The molecule has 1 aromatic rings. The topological polar surface area (TPSA) is 154 Å². The summed E-state index contributed by atoms with van der Waals surface area (Å²) in [6, 6.07) is 2.17. The number of ketones is 2. The second-order valence-electron chi connectivity index (χ2n) is 14.5. The molecule has 1 amide bonds. The van der Waals surface area contributed by atoms with Crippen LogP contribution < -0.4 is 15.8 Å². The molecule has 1 spiro atoms. The lowest BCUT2D eigenvalue weighted by atomic mass is 9.43. The highest BCUT2D eigenvalue weighted by atomic mass is 79.9. The Hall–Kier alpha value is -2.93. The molecule has 4 N–H and O–H groups in total. The number of allylic oxidation sites excluding steroid dienone is 4. The minimum atomic E-state index is -2.02. The first-order valence-corrected chi connectivity index (χ1v) is 17.0. The Morgan fingerprint density at radius 2 is 1.98 bits per heavy atom. The number of aliphatic hydroxyl groups excluding tert-OH is 1. The fourth-order valence-electron chi connectivity index (χ4n) is 9.50. The molecule has 254 valence electrons. The van der Waals surface area contributed by atoms with Crippen molar-refractivity contribution in [1.29, 1.82) is 0 Å². The molecule has 5 aliphatic rings. The highest BCUT2D eigenvalue weighted by molar-refractivity contribution is 9.10. The Morgan fingerprint density at radius 3 is 2.62 bits per heavy atom. The number of nitrogens with two attached hydrogens (primary N) is 1. The van der Waals surface area contributed by atoms with E-state index in [0.717, 1.165) is 0 Å². The third kappa shape index (κ3) is 4.64. The number of alkyl halides is 1. The van der Waals surface area contributed by atoms with Crippen LogP contribution in [-0.4, -0.2) is 72.3 Å². The van der Waals surface area contributed by atoms with Gasteiger partial charge < -0.3 is 30.4 Å². The van der Waals surface area contributed by atoms with Crippen molar-refractivity contribution in [3.63, 3.8) is 0 Å². The van der Waals surface area contributed by atoms with Crippen LogP contribution in [0.1, 0.15) is 63.7 Å². The number of aliphatic hydroxyl groups is 1. The standard InChI is InChI=1S/C35H42BrFN2O8/c1-17(2)29(38)30(43)39-25-13-21(45-5)12-24(36)28(25)31(44)46-15-27(42)35-18(3)10-23-22-7-6-19-11-20(40)8-9-32(19,4)34(22,37)26(41)14-33(23,35)16-47-35/h8-9,11-13,17-18,22-23,26,29,41H,6-7,10,14-16,38H2,1-5H3,(H,39,43)/t18-,22+,23?,26+,29+,32+,33-,34+,35+/m1/s1. The van der Waals surface area contributed by atoms with E-state index in [1.807, 2.05) is 6.92 Å². The first kappa shape index (κ1) is 34.0. The molecule has 1 unspecified atom stereocenters. The van der Waals surface area contributed by atoms with Crippen molar-refractivity contribution in [1.82, 2.24) is 0 Å². The van der Waals surface area contributed by atoms with Gasteiger partial charge in [0.1, 0.15) is 11.4 Å². The summed E-state index contributed by atoms with van der Waals surface area (Å²) in [4.78, 5) is 52.7. The van der Waals surface area contributed by atoms with Crippen molar-refractivity contribution >= 4 is 45.1 Å². The maximum atomic E-state index is 17.5. The van der Waals surface area contributed by atoms with Crippen LogP contribution in [0.4, 0.5) is 10.1 Å². The van der Waals surface area contributed by atoms with E-state index in [9.17, 15) is 24.3 Å². The molecule has 4 fully saturated rings. The second kappa shape index (κ2) is 11.6. The first-order valence-electron chi connectivity index (χ1n) is 16.2. The van der Waals surface area contributed by atoms with Gasteiger partial charge in [0.2, 0.25) is 11.7 Å². The van der Waals surface area contributed by atoms with Gasteiger partial charge in [0, 0.05) is 27.3 Å². The summed E-state index contributed by atoms with van der Waals surface area (Å²) in [5, 5.41) is 14.3. The Morgan fingerprint density at radius 1 is 1.26 bits per heavy atom. The van der Waals surface area contributed by atoms with Crippen LogP contribution in [0.2, 0.25) is 0 Å². The van der Waals surface area contributed by atoms with Crippen molar-refractivity contribution < 1.29 is 42.9 Å². The number of rotatable bonds is 8. The van der Waals surface area contributed by atoms with E-state index in [0.29, 0.717) is 30.6 Å². The van der Waals surface area contributed by atoms with E-state index in [1.54, 1.807) is 26.8 Å². The number of hydrogen-bond donors (Lipinski definition) is 3. The Bertz CT molecular complexity index is 1610. The molecule has 1 saturated heterocycles. The van der Waals surface area contributed by atoms with E-state index in [-0.39, 0.29) is 52.3 Å². The maximum Gasteiger partial charge on any atom is 0.341 e. The van der Waals surface area contributed by atoms with Crippen molar-refractivity contribution in [2.24, 2.45) is 40.2 Å². The number of esters is 1. The maximum absolute atomic E-state index is 17.5. The summed E-state index contributed by atoms with van der Waals surface area (Å²) in [7, 11) is 1.44. The van der Waals surface area contributed by atoms with Crippen LogP contribution in [0.3, 0.4) is 0 Å². The summed E-state index contributed by atoms with van der Waals surface area (Å²) in [6.07, 6.45) is 4.56. The van der Waals surface area contributed by atoms with Crippen LogP contribution in [-0.2, 0) is 23.9 Å². The summed E-state index contributed by atoms with van der Waals surface area (Å²) in [5.41, 5.74) is 1.46. The van der Waals surface area contributed by atoms with Gasteiger partial charge in [-0.2, -0.15) is 0 Å². The average Bonchev–Trinajstić information content (AvgIpc) is 3.17. The van der Waals surface area contributed by atoms with Crippen molar-refractivity contribution in [2.75, 3.05) is 25.6 Å². The zero-order valence-corrected chi connectivity index (χ0v) is 28.8. The first-order chi connectivity index (χ1) is 22.1. The normalized spacial score (nSPS) is 37.4. The van der Waals surface area contributed by atoms with Crippen LogP contribution in [0.15, 0.2) is 40.4 Å². The van der Waals surface area contributed by atoms with Gasteiger partial charge in [-0.25, -0.2) is 9.18 Å². The highest BCUT2D eigenvalue weighted by Crippen LogP contribution is 2.74. The lowest BCUT2D eigenvalue weighted by molar-refractivity contribution is -0.309. The van der Waals surface area contributed by atoms with Gasteiger partial charge in [-0.3, -0.25) is 14.4 Å². The predicted molar refractivity (Wildman–Crippen MR) is 173 cm³/mol. The highest BCUT2D eigenvalue weighted by Gasteiger charge is 2.81. The number of methoxy groups -OCH3 is 1. The van der Waals surface area contributed by atoms with E-state index in [2.05, 4.69) is 21.2 Å². The lowest BCUT2D eigenvalue weighted by Crippen LogP contribution is -2.76. The number of ether oxygens (including phenoxy) is 3. The largest absolute Gasteiger partial charge is 0.497 e. The molecule has 12 heteroatoms. The van der Waals surface area contributed by atoms with Crippen LogP contribution in [0.25, 0.3) is 0 Å². The third-order valence-corrected chi connectivity index (χ3v) is 12.6. The predicted octanol–water partition coefficient (Wildman–Crippen LogP) is 4.47. The Labute approximate surface area is 281 Å². The third-order valence-electron chi connectivity index (χ3n) is 12.0. The lowest BCUT2D eigenvalue weighted by Gasteiger charge is -2.67. The fraction of sp³-hybridized carbons (Fsp3) is 0.600. The Kier molecular flexibility index (Phi) is 8.38. The molecular formula is C35H42BrFN2O8. The van der Waals surface area contributed by atoms with Crippen molar-refractivity contribution in [2.45, 2.75) is 76.8 Å². The van der Waals surface area contributed by atoms with Gasteiger partial charge in [-0.05, 0) is 84.5 Å². The van der Waals surface area contributed by atoms with Crippen LogP contribution in [0.5, 0.6) is 5.75 Å². The van der Waals surface area contributed by atoms with Crippen LogP contribution >= 0.6 is 15.9 Å². The van der Waals surface area contributed by atoms with Crippen molar-refractivity contribution in [3.05, 3.63) is 46.0 Å². The molecule has 47 heavy (non-hydrogen) atoms. The zero-order valence-electron chi connectivity index (χ0n) is 27.2. The molecule has 0 bridgehead atoms. The number of hydrogen-bond acceptors (Lipinski definition) is 9. The number of anilines is 1. The molecule has 9 atom stereocenters. The molecule has 1 aliphatic heterocycles. The number of benzene rings is 1. The molecule has 4 aliphatic carbocycles. The molecule has 3 saturated carbocycles. The molecule has 1 aromatic carbocycles. The molecule has 10 nitrogen and oxygen atoms in total. The summed E-state index contributed by atoms with van der Waals surface area (Å²) >= 11 is 3.37. The Balaban J connectivity index is 1.25. The molecular weight excluding hydrogens is 675 g/mol. The quantitative estimate of drug-likeness (QED) is 0.331. The smallest absolute Gasteiger partial charge is 0.341 e. The van der Waals surface area contributed by atoms with Gasteiger partial charge in [-0.1, -0.05) is 32.4 Å². The number of fused-ring (bicyclic) bond motifs is 4. The minimum absolute atomic E-state index is 0.00959. The number of amides is 1. The SMILES string of the molecule is COc1cc(Br)c(C(=O)OCC(=O)[C@]23OC[C@@]24C[C@H](O)[C@@]2(F)[C@@H](CCC5=CC(=O)C=C[C@@]52C)C4C[C@H]3C)c(NC(=O)[C@@H](N)C(C)C)c1. The number of carbonyl (C=O) groups is 4. The van der Waals surface area contributed by atoms with Gasteiger partial charge in [0.05, 0.1) is 37.1 Å². The second-order valence-corrected chi connectivity index (χ2v) is 15.3. The summed E-state index contributed by atoms with van der Waals surface area (Å²) in [6.45, 7) is 6.82. The molecule has 6 rings (SSSR count). The van der Waals surface area contributed by atoms with Gasteiger partial charge in [0.25, 0.3) is 0 Å². The number of Topliss-reactive ketones (excluding diaryl/α,β-unsaturated/α-hetero) is 1. The van der Waals surface area contributed by atoms with Gasteiger partial charge in [0.15, 0.2) is 18.1 Å². The molecule has 0 aromatic heterocycles. The van der Waals surface area contributed by atoms with Crippen LogP contribution in [0, 0.1) is 34.5 Å². The van der Waals surface area contributed by atoms with Crippen molar-refractivity contribution in [3.8, 4) is 5.75 Å². The zero-order chi connectivity index (χ0) is 34.3. The number of halogens is 2. The summed E-state index contributed by atoms with van der Waals surface area (Å²) < 4.78 is 34.9.